The lowest BCUT2D eigenvalue weighted by atomic mass is 9.88. The molecule has 0 fully saturated rings. The van der Waals surface area contributed by atoms with Crippen LogP contribution in [0.5, 0.6) is 0 Å². The molecule has 1 rings (SSSR count). The highest BCUT2D eigenvalue weighted by atomic mass is 32.2. The van der Waals surface area contributed by atoms with Gasteiger partial charge in [0.05, 0.1) is 0 Å². The van der Waals surface area contributed by atoms with Gasteiger partial charge in [0.1, 0.15) is 0 Å². The molecule has 0 heterocycles. The van der Waals surface area contributed by atoms with Gasteiger partial charge in [-0.1, -0.05) is 39.0 Å². The van der Waals surface area contributed by atoms with Gasteiger partial charge in [-0.25, -0.2) is 0 Å². The lowest BCUT2D eigenvalue weighted by Crippen LogP contribution is -2.38. The quantitative estimate of drug-likeness (QED) is 0.793. The summed E-state index contributed by atoms with van der Waals surface area (Å²) >= 11 is 1.88. The zero-order valence-electron chi connectivity index (χ0n) is 10.0. The van der Waals surface area contributed by atoms with Crippen LogP contribution < -0.4 is 5.73 Å². The first kappa shape index (κ1) is 12.6. The van der Waals surface area contributed by atoms with E-state index in [9.17, 15) is 0 Å². The average Bonchev–Trinajstić information content (AvgIpc) is 2.13. The van der Waals surface area contributed by atoms with Crippen molar-refractivity contribution in [1.29, 1.82) is 0 Å². The molecule has 0 bridgehead atoms. The van der Waals surface area contributed by atoms with Gasteiger partial charge in [-0.15, -0.1) is 11.8 Å². The third-order valence-corrected chi connectivity index (χ3v) is 4.27. The minimum Gasteiger partial charge on any atom is -0.327 e. The van der Waals surface area contributed by atoms with Crippen molar-refractivity contribution < 1.29 is 0 Å². The van der Waals surface area contributed by atoms with Crippen molar-refractivity contribution in [2.24, 2.45) is 11.1 Å². The molecule has 15 heavy (non-hydrogen) atoms. The smallest absolute Gasteiger partial charge is 0.0291 e. The van der Waals surface area contributed by atoms with Crippen LogP contribution in [-0.2, 0) is 0 Å². The van der Waals surface area contributed by atoms with Gasteiger partial charge in [0.25, 0.3) is 0 Å². The van der Waals surface area contributed by atoms with Crippen LogP contribution in [0.25, 0.3) is 0 Å². The second-order valence-corrected chi connectivity index (χ2v) is 6.29. The van der Waals surface area contributed by atoms with Gasteiger partial charge in [0.2, 0.25) is 0 Å². The molecule has 0 saturated heterocycles. The SMILES string of the molecule is CC(N)C(Sc1ccccc1)C(C)(C)C. The minimum absolute atomic E-state index is 0.204. The summed E-state index contributed by atoms with van der Waals surface area (Å²) in [5, 5.41) is 0.444. The van der Waals surface area contributed by atoms with Gasteiger partial charge >= 0.3 is 0 Å². The number of hydrogen-bond donors (Lipinski definition) is 1. The van der Waals surface area contributed by atoms with Crippen LogP contribution in [0.15, 0.2) is 35.2 Å². The second kappa shape index (κ2) is 5.04. The van der Waals surface area contributed by atoms with Gasteiger partial charge in [0.15, 0.2) is 0 Å². The highest BCUT2D eigenvalue weighted by Crippen LogP contribution is 2.36. The topological polar surface area (TPSA) is 26.0 Å². The van der Waals surface area contributed by atoms with Crippen LogP contribution in [0.4, 0.5) is 0 Å². The molecule has 0 aliphatic rings. The van der Waals surface area contributed by atoms with Crippen LogP contribution in [0.1, 0.15) is 27.7 Å². The van der Waals surface area contributed by atoms with E-state index < -0.39 is 0 Å². The van der Waals surface area contributed by atoms with Gasteiger partial charge in [-0.3, -0.25) is 0 Å². The molecule has 0 aliphatic heterocycles. The Morgan fingerprint density at radius 2 is 1.67 bits per heavy atom. The minimum atomic E-state index is 0.204. The van der Waals surface area contributed by atoms with Crippen molar-refractivity contribution >= 4 is 11.8 Å². The summed E-state index contributed by atoms with van der Waals surface area (Å²) < 4.78 is 0. The molecule has 84 valence electrons. The van der Waals surface area contributed by atoms with Crippen molar-refractivity contribution in [3.8, 4) is 0 Å². The molecular formula is C13H21NS. The Labute approximate surface area is 97.4 Å². The first-order valence-corrected chi connectivity index (χ1v) is 6.26. The zero-order chi connectivity index (χ0) is 11.5. The maximum absolute atomic E-state index is 6.05. The molecule has 0 saturated carbocycles. The fraction of sp³-hybridized carbons (Fsp3) is 0.538. The normalized spacial score (nSPS) is 16.1. The fourth-order valence-corrected chi connectivity index (χ4v) is 2.89. The Morgan fingerprint density at radius 1 is 1.13 bits per heavy atom. The fourth-order valence-electron chi connectivity index (χ4n) is 1.72. The monoisotopic (exact) mass is 223 g/mol. The van der Waals surface area contributed by atoms with Crippen LogP contribution in [0.2, 0.25) is 0 Å². The molecule has 1 nitrogen and oxygen atoms in total. The Morgan fingerprint density at radius 3 is 2.07 bits per heavy atom. The maximum Gasteiger partial charge on any atom is 0.0291 e. The van der Waals surface area contributed by atoms with E-state index in [1.54, 1.807) is 0 Å². The Hall–Kier alpha value is -0.470. The van der Waals surface area contributed by atoms with E-state index in [1.165, 1.54) is 4.90 Å². The van der Waals surface area contributed by atoms with Gasteiger partial charge in [-0.05, 0) is 24.5 Å². The van der Waals surface area contributed by atoms with Crippen molar-refractivity contribution in [3.63, 3.8) is 0 Å². The highest BCUT2D eigenvalue weighted by molar-refractivity contribution is 8.00. The van der Waals surface area contributed by atoms with E-state index in [0.29, 0.717) is 5.25 Å². The molecule has 0 aromatic heterocycles. The van der Waals surface area contributed by atoms with Crippen molar-refractivity contribution in [1.82, 2.24) is 0 Å². The standard InChI is InChI=1S/C13H21NS/c1-10(14)12(13(2,3)4)15-11-8-6-5-7-9-11/h5-10,12H,14H2,1-4H3. The molecule has 0 spiro atoms. The van der Waals surface area contributed by atoms with Crippen molar-refractivity contribution in [3.05, 3.63) is 30.3 Å². The first-order valence-electron chi connectivity index (χ1n) is 5.38. The summed E-state index contributed by atoms with van der Waals surface area (Å²) in [5.74, 6) is 0. The van der Waals surface area contributed by atoms with Gasteiger partial charge in [0, 0.05) is 16.2 Å². The summed E-state index contributed by atoms with van der Waals surface area (Å²) in [6.07, 6.45) is 0. The van der Waals surface area contributed by atoms with Crippen molar-refractivity contribution in [2.75, 3.05) is 0 Å². The van der Waals surface area contributed by atoms with E-state index in [-0.39, 0.29) is 11.5 Å². The summed E-state index contributed by atoms with van der Waals surface area (Å²) in [6.45, 7) is 8.83. The molecule has 1 aromatic carbocycles. The van der Waals surface area contributed by atoms with Crippen LogP contribution in [0, 0.1) is 5.41 Å². The molecule has 1 aromatic rings. The van der Waals surface area contributed by atoms with Gasteiger partial charge < -0.3 is 5.73 Å². The maximum atomic E-state index is 6.05. The van der Waals surface area contributed by atoms with E-state index in [1.807, 2.05) is 17.8 Å². The summed E-state index contributed by atoms with van der Waals surface area (Å²) in [6, 6.07) is 10.7. The zero-order valence-corrected chi connectivity index (χ0v) is 10.8. The Balaban J connectivity index is 2.77. The third-order valence-electron chi connectivity index (χ3n) is 2.34. The molecule has 2 atom stereocenters. The number of rotatable bonds is 3. The number of benzene rings is 1. The lowest BCUT2D eigenvalue weighted by molar-refractivity contribution is 0.363. The predicted octanol–water partition coefficient (Wildman–Crippen LogP) is 3.54. The Bertz CT molecular complexity index is 287. The summed E-state index contributed by atoms with van der Waals surface area (Å²) in [4.78, 5) is 1.30. The second-order valence-electron chi connectivity index (χ2n) is 5.08. The van der Waals surface area contributed by atoms with Crippen LogP contribution >= 0.6 is 11.8 Å². The first-order chi connectivity index (χ1) is 6.91. The molecule has 0 radical (unpaired) electrons. The predicted molar refractivity (Wildman–Crippen MR) is 69.2 cm³/mol. The molecule has 2 unspecified atom stereocenters. The van der Waals surface area contributed by atoms with E-state index >= 15 is 0 Å². The largest absolute Gasteiger partial charge is 0.327 e. The Kier molecular flexibility index (Phi) is 4.23. The molecule has 2 heteroatoms. The molecule has 2 N–H and O–H groups in total. The lowest BCUT2D eigenvalue weighted by Gasteiger charge is -2.33. The van der Waals surface area contributed by atoms with Gasteiger partial charge in [-0.2, -0.15) is 0 Å². The van der Waals surface area contributed by atoms with Crippen molar-refractivity contribution in [2.45, 2.75) is 43.9 Å². The molecular weight excluding hydrogens is 202 g/mol. The van der Waals surface area contributed by atoms with E-state index in [2.05, 4.69) is 52.0 Å². The number of nitrogens with two attached hydrogens (primary N) is 1. The summed E-state index contributed by atoms with van der Waals surface area (Å²) in [5.41, 5.74) is 6.28. The van der Waals surface area contributed by atoms with E-state index in [4.69, 9.17) is 5.73 Å². The number of thioether (sulfide) groups is 1. The van der Waals surface area contributed by atoms with Crippen LogP contribution in [0.3, 0.4) is 0 Å². The molecule has 0 aliphatic carbocycles. The van der Waals surface area contributed by atoms with Crippen LogP contribution in [-0.4, -0.2) is 11.3 Å². The van der Waals surface area contributed by atoms with E-state index in [0.717, 1.165) is 0 Å². The average molecular weight is 223 g/mol. The highest BCUT2D eigenvalue weighted by Gasteiger charge is 2.28. The molecule has 0 amide bonds. The summed E-state index contributed by atoms with van der Waals surface area (Å²) in [7, 11) is 0. The third kappa shape index (κ3) is 3.88. The number of hydrogen-bond acceptors (Lipinski definition) is 2.